The molecule has 4 unspecified atom stereocenters. The topological polar surface area (TPSA) is 581 Å². The number of aromatic amines is 2. The number of ether oxygens (including phenoxy) is 4. The summed E-state index contributed by atoms with van der Waals surface area (Å²) in [7, 11) is -19.0. The largest absolute Gasteiger partial charge is 0.756 e. The van der Waals surface area contributed by atoms with Crippen LogP contribution in [0.25, 0.3) is 22.3 Å². The summed E-state index contributed by atoms with van der Waals surface area (Å²) in [6, 6.07) is 0. The van der Waals surface area contributed by atoms with Crippen molar-refractivity contribution in [2.75, 3.05) is 50.9 Å². The predicted molar refractivity (Wildman–Crippen MR) is 220 cm³/mol. The molecule has 4 aromatic rings. The highest BCUT2D eigenvalue weighted by Crippen LogP contribution is 2.56. The number of alkyl carbamates (subject to hydrolysis) is 2. The van der Waals surface area contributed by atoms with Crippen molar-refractivity contribution in [2.24, 2.45) is 25.6 Å². The Balaban J connectivity index is 0.000000261. The van der Waals surface area contributed by atoms with Crippen molar-refractivity contribution in [2.45, 2.75) is 49.1 Å². The number of nitrogens with one attached hydrogen (secondary N) is 4. The first-order chi connectivity index (χ1) is 32.4. The van der Waals surface area contributed by atoms with Gasteiger partial charge in [-0.3, -0.25) is 46.9 Å². The van der Waals surface area contributed by atoms with Crippen molar-refractivity contribution in [1.82, 2.24) is 39.7 Å². The lowest BCUT2D eigenvalue weighted by Crippen LogP contribution is -2.49. The number of aromatic nitrogens is 8. The number of nitrogen functional groups attached to an aromatic ring is 2. The van der Waals surface area contributed by atoms with Gasteiger partial charge in [0, 0.05) is 26.2 Å². The number of aliphatic hydroxyl groups is 2. The summed E-state index contributed by atoms with van der Waals surface area (Å²) in [6.07, 6.45) is -11.5. The highest BCUT2D eigenvalue weighted by Gasteiger charge is 2.52. The van der Waals surface area contributed by atoms with Crippen LogP contribution in [0.1, 0.15) is 12.5 Å². The molecule has 0 bridgehead atoms. The zero-order valence-corrected chi connectivity index (χ0v) is 39.4. The van der Waals surface area contributed by atoms with Crippen molar-refractivity contribution in [3.8, 4) is 0 Å². The summed E-state index contributed by atoms with van der Waals surface area (Å²) >= 11 is 0. The molecule has 38 nitrogen and oxygen atoms in total. The maximum atomic E-state index is 12.3. The van der Waals surface area contributed by atoms with E-state index in [1.165, 1.54) is 45.0 Å². The molecule has 42 heteroatoms. The van der Waals surface area contributed by atoms with Crippen LogP contribution >= 0.6 is 31.3 Å². The van der Waals surface area contributed by atoms with Crippen LogP contribution < -0.4 is 63.6 Å². The second-order valence-electron chi connectivity index (χ2n) is 14.4. The summed E-state index contributed by atoms with van der Waals surface area (Å²) < 4.78 is 88.1. The lowest BCUT2D eigenvalue weighted by molar-refractivity contribution is -0.746. The lowest BCUT2D eigenvalue weighted by Gasteiger charge is -2.23. The number of nitrogens with zero attached hydrogens (tertiary/aromatic N) is 6. The van der Waals surface area contributed by atoms with Crippen LogP contribution in [0.2, 0.25) is 0 Å². The molecule has 0 spiro atoms. The third-order valence-corrected chi connectivity index (χ3v) is 13.5. The normalized spacial score (nSPS) is 25.8. The van der Waals surface area contributed by atoms with Crippen LogP contribution in [0.4, 0.5) is 21.5 Å². The van der Waals surface area contributed by atoms with E-state index in [0.717, 1.165) is 0 Å². The molecule has 0 saturated carbocycles. The Morgan fingerprint density at radius 1 is 0.729 bits per heavy atom. The first-order valence-corrected chi connectivity index (χ1v) is 25.4. The molecule has 2 saturated heterocycles. The second-order valence-corrected chi connectivity index (χ2v) is 20.0. The molecule has 4 aromatic heterocycles. The monoisotopic (exact) mass is 1090 g/mol. The number of H-pyrrole nitrogens is 2. The number of fused-ring (bicyclic) bond motifs is 2. The van der Waals surface area contributed by atoms with E-state index in [-0.39, 0.29) is 60.4 Å². The number of phosphoric ester groups is 2. The number of aryl methyl sites for hydroxylation is 2. The SMILES string of the molecule is Cn1c[n+]([C@@H]2O[C@H](COP(=O)(O)OP(=O)([O-])O)[C@@H](O)[C@H]2OC(=O)NCCN)c2nc(N)[nH]c(=O)c21.Cn1c[n+]([C@@H]2O[C@H](COP(=O)(O)OP(=O)([O-])O)[C@@H](OC(=O)NCCN)[C@H]2O)c2nc(N)[nH]c(=O)c21. The average molecular weight is 1090 g/mol. The minimum Gasteiger partial charge on any atom is -0.756 e. The van der Waals surface area contributed by atoms with Gasteiger partial charge in [-0.05, 0) is 0 Å². The van der Waals surface area contributed by atoms with E-state index in [1.54, 1.807) is 0 Å². The van der Waals surface area contributed by atoms with Crippen molar-refractivity contribution >= 4 is 77.7 Å². The molecule has 6 rings (SSSR count). The molecule has 18 N–H and O–H groups in total. The number of amides is 2. The zero-order valence-electron chi connectivity index (χ0n) is 35.8. The molecular formula is C28H46N14O24P4. The third-order valence-electron chi connectivity index (χ3n) is 9.28. The first-order valence-electron chi connectivity index (χ1n) is 19.4. The molecule has 12 atom stereocenters. The van der Waals surface area contributed by atoms with Crippen LogP contribution in [0, 0.1) is 0 Å². The predicted octanol–water partition coefficient (Wildman–Crippen LogP) is -7.93. The van der Waals surface area contributed by atoms with Gasteiger partial charge in [0.05, 0.1) is 27.3 Å². The van der Waals surface area contributed by atoms with Crippen molar-refractivity contribution in [3.05, 3.63) is 33.4 Å². The van der Waals surface area contributed by atoms with Gasteiger partial charge in [0.2, 0.25) is 23.5 Å². The van der Waals surface area contributed by atoms with Crippen LogP contribution in [0.5, 0.6) is 0 Å². The zero-order chi connectivity index (χ0) is 52.3. The third kappa shape index (κ3) is 14.2. The molecule has 0 aliphatic carbocycles. The van der Waals surface area contributed by atoms with Crippen LogP contribution in [-0.2, 0) is 69.0 Å². The highest BCUT2D eigenvalue weighted by molar-refractivity contribution is 7.60. The van der Waals surface area contributed by atoms with E-state index in [4.69, 9.17) is 51.7 Å². The van der Waals surface area contributed by atoms with Crippen molar-refractivity contribution in [1.29, 1.82) is 0 Å². The Morgan fingerprint density at radius 2 is 1.13 bits per heavy atom. The van der Waals surface area contributed by atoms with E-state index >= 15 is 0 Å². The molecule has 392 valence electrons. The van der Waals surface area contributed by atoms with Crippen molar-refractivity contribution < 1.29 is 113 Å². The number of carbonyl (C=O) groups excluding carboxylic acids is 2. The highest BCUT2D eigenvalue weighted by atomic mass is 31.3. The first kappa shape index (κ1) is 56.0. The Hall–Kier alpha value is -4.88. The number of anilines is 2. The maximum absolute atomic E-state index is 12.3. The molecule has 70 heavy (non-hydrogen) atoms. The number of aliphatic hydroxyl groups excluding tert-OH is 2. The van der Waals surface area contributed by atoms with E-state index in [1.807, 2.05) is 0 Å². The Morgan fingerprint density at radius 3 is 1.56 bits per heavy atom. The number of phosphoric acid groups is 4. The maximum Gasteiger partial charge on any atom is 0.478 e. The van der Waals surface area contributed by atoms with Gasteiger partial charge in [-0.15, -0.1) is 0 Å². The number of nitrogens with two attached hydrogens (primary N) is 4. The summed E-state index contributed by atoms with van der Waals surface area (Å²) in [5.74, 6) is -0.489. The number of carbonyl (C=O) groups is 2. The van der Waals surface area contributed by atoms with Crippen LogP contribution in [-0.4, -0.2) is 147 Å². The second kappa shape index (κ2) is 22.3. The molecule has 0 radical (unpaired) electrons. The Kier molecular flexibility index (Phi) is 17.8. The summed E-state index contributed by atoms with van der Waals surface area (Å²) in [4.78, 5) is 119. The van der Waals surface area contributed by atoms with Gasteiger partial charge < -0.3 is 92.1 Å². The molecule has 2 amide bonds. The number of hydrogen-bond acceptors (Lipinski definition) is 26. The summed E-state index contributed by atoms with van der Waals surface area (Å²) in [5, 5.41) is 26.2. The van der Waals surface area contributed by atoms with Gasteiger partial charge in [-0.25, -0.2) is 36.5 Å². The van der Waals surface area contributed by atoms with Gasteiger partial charge in [-0.2, -0.15) is 0 Å². The molecule has 0 aromatic carbocycles. The number of hydrogen-bond donors (Lipinski definition) is 14. The van der Waals surface area contributed by atoms with Gasteiger partial charge >= 0.3 is 39.1 Å². The van der Waals surface area contributed by atoms with Gasteiger partial charge in [0.25, 0.3) is 38.7 Å². The Bertz CT molecular complexity index is 2870. The quantitative estimate of drug-likeness (QED) is 0.0325. The standard InChI is InChI=1S/2C14H23N7O12P2/c1-20-5-21(10-7(20)11(23)19-13(16)18-10)12-8(22)9(32-14(24)17-3-2-15)6(31-12)4-30-35(28,29)33-34(25,26)27;1-20-5-21(10-7(20)11(23)19-13(16)18-10)12-9(32-14(24)17-3-2-15)8(22)6(31-12)4-30-35(28,29)33-34(25,26)27/h2*5-6,8-9,12,22H,2-4,15H2,1H3,(H6-,16,17,18,19,23,24,25,26,27,28,29)/t2*6-,8-,9-,12-/m11/s1. The minimum atomic E-state index is -5.65. The average Bonchev–Trinajstić information content (AvgIpc) is 3.92. The molecular weight excluding hydrogens is 1040 g/mol. The fraction of sp³-hybridized carbons (Fsp3) is 0.571. The Labute approximate surface area is 389 Å². The van der Waals surface area contributed by atoms with Crippen LogP contribution in [0.15, 0.2) is 22.2 Å². The van der Waals surface area contributed by atoms with Crippen molar-refractivity contribution in [3.63, 3.8) is 0 Å². The number of imidazole rings is 2. The number of rotatable bonds is 18. The van der Waals surface area contributed by atoms with E-state index in [0.29, 0.717) is 0 Å². The van der Waals surface area contributed by atoms with Gasteiger partial charge in [0.15, 0.2) is 31.0 Å². The van der Waals surface area contributed by atoms with Gasteiger partial charge in [-0.1, -0.05) is 9.97 Å². The van der Waals surface area contributed by atoms with E-state index in [2.05, 4.69) is 48.2 Å². The smallest absolute Gasteiger partial charge is 0.478 e. The van der Waals surface area contributed by atoms with Gasteiger partial charge in [0.1, 0.15) is 18.3 Å². The van der Waals surface area contributed by atoms with Crippen LogP contribution in [0.3, 0.4) is 0 Å². The molecule has 2 aliphatic heterocycles. The fourth-order valence-corrected chi connectivity index (χ4v) is 9.80. The van der Waals surface area contributed by atoms with E-state index in [9.17, 15) is 67.2 Å². The molecule has 2 fully saturated rings. The summed E-state index contributed by atoms with van der Waals surface area (Å²) in [5.41, 5.74) is 20.7. The minimum absolute atomic E-state index is 0.0190. The fourth-order valence-electron chi connectivity index (χ4n) is 6.67. The lowest BCUT2D eigenvalue weighted by atomic mass is 10.1. The van der Waals surface area contributed by atoms with E-state index < -0.39 is 117 Å². The molecule has 6 heterocycles. The molecule has 2 aliphatic rings. The summed E-state index contributed by atoms with van der Waals surface area (Å²) in [6.45, 7) is -1.68.